The molecule has 34 heavy (non-hydrogen) atoms. The zero-order valence-corrected chi connectivity index (χ0v) is 21.7. The number of piperazine rings is 1. The number of halogens is 1. The molecule has 8 nitrogen and oxygen atoms in total. The minimum absolute atomic E-state index is 0.0470. The number of benzene rings is 1. The van der Waals surface area contributed by atoms with Crippen molar-refractivity contribution >= 4 is 27.3 Å². The van der Waals surface area contributed by atoms with Gasteiger partial charge in [0.1, 0.15) is 5.69 Å². The molecule has 1 aliphatic heterocycles. The molecule has 0 unspecified atom stereocenters. The summed E-state index contributed by atoms with van der Waals surface area (Å²) >= 11 is 6.15. The van der Waals surface area contributed by atoms with Gasteiger partial charge < -0.3 is 9.64 Å². The average Bonchev–Trinajstić information content (AvgIpc) is 3.11. The first kappa shape index (κ1) is 25.0. The zero-order chi connectivity index (χ0) is 24.6. The average molecular weight is 509 g/mol. The van der Waals surface area contributed by atoms with Crippen LogP contribution in [0.2, 0.25) is 5.02 Å². The Labute approximate surface area is 206 Å². The molecule has 0 N–H and O–H groups in total. The molecule has 0 spiro atoms. The molecule has 0 bridgehead atoms. The summed E-state index contributed by atoms with van der Waals surface area (Å²) < 4.78 is 34.4. The molecule has 2 aliphatic rings. The smallest absolute Gasteiger partial charge is 0.316 e. The van der Waals surface area contributed by atoms with Crippen LogP contribution in [-0.4, -0.2) is 60.0 Å². The Bertz CT molecular complexity index is 1180. The molecule has 1 aromatic heterocycles. The first-order chi connectivity index (χ1) is 16.1. The van der Waals surface area contributed by atoms with Crippen LogP contribution < -0.4 is 15.2 Å². The van der Waals surface area contributed by atoms with E-state index in [-0.39, 0.29) is 17.4 Å². The Morgan fingerprint density at radius 1 is 1.09 bits per heavy atom. The SMILES string of the molecule is CC(C)S(=O)(=O)N1CCN(c2cnn(-c3cccc(Cl)c3)c(=O)c2OC2C[C@@H](C)[C@H](C)C2)CC1. The zero-order valence-electron chi connectivity index (χ0n) is 20.1. The summed E-state index contributed by atoms with van der Waals surface area (Å²) in [6, 6.07) is 6.98. The van der Waals surface area contributed by atoms with Gasteiger partial charge in [0.2, 0.25) is 15.8 Å². The number of rotatable bonds is 6. The maximum atomic E-state index is 13.6. The van der Waals surface area contributed by atoms with Crippen LogP contribution in [0.4, 0.5) is 5.69 Å². The van der Waals surface area contributed by atoms with Gasteiger partial charge >= 0.3 is 5.56 Å². The fraction of sp³-hybridized carbons (Fsp3) is 0.583. The van der Waals surface area contributed by atoms with Crippen molar-refractivity contribution in [3.63, 3.8) is 0 Å². The van der Waals surface area contributed by atoms with Crippen LogP contribution in [0.3, 0.4) is 0 Å². The minimum Gasteiger partial charge on any atom is -0.483 e. The van der Waals surface area contributed by atoms with E-state index in [0.29, 0.717) is 54.4 Å². The van der Waals surface area contributed by atoms with Gasteiger partial charge in [0, 0.05) is 31.2 Å². The third-order valence-corrected chi connectivity index (χ3v) is 9.54. The Balaban J connectivity index is 1.67. The molecule has 1 aliphatic carbocycles. The highest BCUT2D eigenvalue weighted by Crippen LogP contribution is 2.35. The van der Waals surface area contributed by atoms with Crippen LogP contribution in [0.25, 0.3) is 5.69 Å². The second-order valence-corrected chi connectivity index (χ2v) is 12.6. The van der Waals surface area contributed by atoms with Crippen LogP contribution in [0.5, 0.6) is 5.75 Å². The monoisotopic (exact) mass is 508 g/mol. The molecule has 186 valence electrons. The second kappa shape index (κ2) is 9.87. The van der Waals surface area contributed by atoms with Crippen LogP contribution in [0.1, 0.15) is 40.5 Å². The summed E-state index contributed by atoms with van der Waals surface area (Å²) in [6.07, 6.45) is 3.38. The highest BCUT2D eigenvalue weighted by molar-refractivity contribution is 7.89. The van der Waals surface area contributed by atoms with Gasteiger partial charge in [-0.3, -0.25) is 4.79 Å². The lowest BCUT2D eigenvalue weighted by molar-refractivity contribution is 0.199. The molecule has 0 amide bonds. The van der Waals surface area contributed by atoms with E-state index in [1.165, 1.54) is 8.99 Å². The molecule has 2 fully saturated rings. The highest BCUT2D eigenvalue weighted by atomic mass is 35.5. The number of hydrogen-bond acceptors (Lipinski definition) is 6. The van der Waals surface area contributed by atoms with Gasteiger partial charge in [-0.25, -0.2) is 8.42 Å². The van der Waals surface area contributed by atoms with E-state index in [1.807, 2.05) is 4.90 Å². The number of anilines is 1. The maximum Gasteiger partial charge on any atom is 0.316 e. The van der Waals surface area contributed by atoms with Crippen molar-refractivity contribution in [3.8, 4) is 11.4 Å². The lowest BCUT2D eigenvalue weighted by Gasteiger charge is -2.36. The van der Waals surface area contributed by atoms with Crippen LogP contribution in [0, 0.1) is 11.8 Å². The summed E-state index contributed by atoms with van der Waals surface area (Å²) in [4.78, 5) is 15.6. The van der Waals surface area contributed by atoms with E-state index < -0.39 is 15.3 Å². The molecule has 1 saturated carbocycles. The number of sulfonamides is 1. The predicted molar refractivity (Wildman–Crippen MR) is 135 cm³/mol. The largest absolute Gasteiger partial charge is 0.483 e. The van der Waals surface area contributed by atoms with E-state index in [4.69, 9.17) is 16.3 Å². The summed E-state index contributed by atoms with van der Waals surface area (Å²) in [7, 11) is -3.32. The van der Waals surface area contributed by atoms with Gasteiger partial charge in [-0.1, -0.05) is 31.5 Å². The van der Waals surface area contributed by atoms with Gasteiger partial charge in [0.05, 0.1) is 23.2 Å². The number of nitrogens with zero attached hydrogens (tertiary/aromatic N) is 4. The maximum absolute atomic E-state index is 13.6. The molecule has 0 radical (unpaired) electrons. The van der Waals surface area contributed by atoms with Gasteiger partial charge in [-0.15, -0.1) is 0 Å². The van der Waals surface area contributed by atoms with Gasteiger partial charge in [-0.05, 0) is 56.7 Å². The minimum atomic E-state index is -3.32. The van der Waals surface area contributed by atoms with E-state index in [1.54, 1.807) is 44.3 Å². The van der Waals surface area contributed by atoms with E-state index in [2.05, 4.69) is 18.9 Å². The van der Waals surface area contributed by atoms with Crippen LogP contribution in [-0.2, 0) is 10.0 Å². The molecular formula is C24H33ClN4O4S. The second-order valence-electron chi connectivity index (χ2n) is 9.70. The first-order valence-corrected chi connectivity index (χ1v) is 13.7. The Morgan fingerprint density at radius 3 is 2.32 bits per heavy atom. The highest BCUT2D eigenvalue weighted by Gasteiger charge is 2.34. The number of ether oxygens (including phenoxy) is 1. The molecule has 2 aromatic rings. The fourth-order valence-electron chi connectivity index (χ4n) is 4.69. The van der Waals surface area contributed by atoms with Crippen molar-refractivity contribution in [2.75, 3.05) is 31.1 Å². The van der Waals surface area contributed by atoms with E-state index in [9.17, 15) is 13.2 Å². The fourth-order valence-corrected chi connectivity index (χ4v) is 6.14. The summed E-state index contributed by atoms with van der Waals surface area (Å²) in [5.74, 6) is 1.31. The number of hydrogen-bond donors (Lipinski definition) is 0. The van der Waals surface area contributed by atoms with Crippen molar-refractivity contribution in [3.05, 3.63) is 45.8 Å². The normalized spacial score (nSPS) is 22.5. The lowest BCUT2D eigenvalue weighted by atomic mass is 10.0. The molecule has 2 atom stereocenters. The molecule has 10 heteroatoms. The molecule has 1 saturated heterocycles. The standard InChI is InChI=1S/C24H33ClN4O4S/c1-16(2)34(31,32)28-10-8-27(9-11-28)22-15-26-29(20-7-5-6-19(25)14-20)24(30)23(22)33-21-12-17(3)18(4)13-21/h5-7,14-18,21H,8-13H2,1-4H3/t17-,18-/m1/s1. The Hall–Kier alpha value is -2.10. The van der Waals surface area contributed by atoms with Crippen LogP contribution >= 0.6 is 11.6 Å². The predicted octanol–water partition coefficient (Wildman–Crippen LogP) is 3.56. The summed E-state index contributed by atoms with van der Waals surface area (Å²) in [5.41, 5.74) is 0.830. The van der Waals surface area contributed by atoms with Crippen molar-refractivity contribution in [2.45, 2.75) is 51.9 Å². The molecular weight excluding hydrogens is 476 g/mol. The Kier molecular flexibility index (Phi) is 7.26. The molecule has 4 rings (SSSR count). The summed E-state index contributed by atoms with van der Waals surface area (Å²) in [6.45, 7) is 9.43. The Morgan fingerprint density at radius 2 is 1.74 bits per heavy atom. The lowest BCUT2D eigenvalue weighted by Crippen LogP contribution is -2.50. The van der Waals surface area contributed by atoms with E-state index in [0.717, 1.165) is 12.8 Å². The third kappa shape index (κ3) is 4.97. The quantitative estimate of drug-likeness (QED) is 0.593. The molecule has 1 aromatic carbocycles. The van der Waals surface area contributed by atoms with E-state index >= 15 is 0 Å². The van der Waals surface area contributed by atoms with Crippen molar-refractivity contribution < 1.29 is 13.2 Å². The van der Waals surface area contributed by atoms with Gasteiger partial charge in [0.15, 0.2) is 0 Å². The topological polar surface area (TPSA) is 84.7 Å². The third-order valence-electron chi connectivity index (χ3n) is 7.03. The van der Waals surface area contributed by atoms with Gasteiger partial charge in [0.25, 0.3) is 0 Å². The van der Waals surface area contributed by atoms with Crippen molar-refractivity contribution in [2.24, 2.45) is 11.8 Å². The van der Waals surface area contributed by atoms with Gasteiger partial charge in [-0.2, -0.15) is 14.1 Å². The van der Waals surface area contributed by atoms with Crippen molar-refractivity contribution in [1.29, 1.82) is 0 Å². The number of aromatic nitrogens is 2. The first-order valence-electron chi connectivity index (χ1n) is 11.9. The summed E-state index contributed by atoms with van der Waals surface area (Å²) in [5, 5.41) is 4.47. The van der Waals surface area contributed by atoms with Crippen LogP contribution in [0.15, 0.2) is 35.3 Å². The molecule has 2 heterocycles. The van der Waals surface area contributed by atoms with Crippen molar-refractivity contribution in [1.82, 2.24) is 14.1 Å².